The van der Waals surface area contributed by atoms with Crippen molar-refractivity contribution in [3.05, 3.63) is 70.8 Å². The highest BCUT2D eigenvalue weighted by molar-refractivity contribution is 6.21. The number of nitrogens with zero attached hydrogens (tertiary/aromatic N) is 1. The summed E-state index contributed by atoms with van der Waals surface area (Å²) in [6, 6.07) is 15.5. The number of nitrogens with one attached hydrogen (secondary N) is 1. The molecular formula is C18H17N2O2+. The largest absolute Gasteiger partial charge is 0.313 e. The molecule has 2 amide bonds. The van der Waals surface area contributed by atoms with Gasteiger partial charge in [0.15, 0.2) is 6.67 Å². The minimum atomic E-state index is -0.160. The maximum atomic E-state index is 12.4. The normalized spacial score (nSPS) is 20.0. The minimum Gasteiger partial charge on any atom is -0.313 e. The number of carbonyl (C=O) groups is 2. The Morgan fingerprint density at radius 3 is 2.14 bits per heavy atom. The van der Waals surface area contributed by atoms with Gasteiger partial charge in [-0.1, -0.05) is 36.4 Å². The van der Waals surface area contributed by atoms with E-state index in [0.29, 0.717) is 17.8 Å². The molecule has 2 aromatic carbocycles. The first-order valence-electron chi connectivity index (χ1n) is 7.59. The summed E-state index contributed by atoms with van der Waals surface area (Å²) in [6.07, 6.45) is 0.995. The van der Waals surface area contributed by atoms with Crippen molar-refractivity contribution in [3.63, 3.8) is 0 Å². The number of rotatable bonds is 2. The molecule has 0 aliphatic carbocycles. The van der Waals surface area contributed by atoms with E-state index in [1.807, 2.05) is 6.07 Å². The molecule has 22 heavy (non-hydrogen) atoms. The van der Waals surface area contributed by atoms with Crippen LogP contribution in [0.2, 0.25) is 0 Å². The molecule has 1 atom stereocenters. The average Bonchev–Trinajstić information content (AvgIpc) is 2.80. The maximum absolute atomic E-state index is 12.4. The molecule has 2 heterocycles. The second kappa shape index (κ2) is 5.07. The minimum absolute atomic E-state index is 0.160. The van der Waals surface area contributed by atoms with Crippen LogP contribution >= 0.6 is 0 Å². The van der Waals surface area contributed by atoms with E-state index in [1.165, 1.54) is 20.9 Å². The molecule has 4 rings (SSSR count). The fraction of sp³-hybridized carbons (Fsp3) is 0.222. The summed E-state index contributed by atoms with van der Waals surface area (Å²) in [5.74, 6) is -0.320. The van der Waals surface area contributed by atoms with Crippen molar-refractivity contribution in [1.29, 1.82) is 0 Å². The van der Waals surface area contributed by atoms with Gasteiger partial charge in [0.25, 0.3) is 11.8 Å². The van der Waals surface area contributed by atoms with Gasteiger partial charge in [-0.25, -0.2) is 4.90 Å². The molecule has 2 aliphatic rings. The lowest BCUT2D eigenvalue weighted by Gasteiger charge is -2.28. The molecule has 2 aliphatic heterocycles. The Kier molecular flexibility index (Phi) is 3.05. The van der Waals surface area contributed by atoms with Crippen LogP contribution < -0.4 is 4.90 Å². The molecule has 1 N–H and O–H groups in total. The van der Waals surface area contributed by atoms with E-state index in [9.17, 15) is 9.59 Å². The molecule has 0 spiro atoms. The van der Waals surface area contributed by atoms with Crippen molar-refractivity contribution >= 4 is 11.8 Å². The Morgan fingerprint density at radius 2 is 1.45 bits per heavy atom. The van der Waals surface area contributed by atoms with Crippen LogP contribution in [0.5, 0.6) is 0 Å². The number of imide groups is 1. The number of hydrogen-bond acceptors (Lipinski definition) is 2. The third kappa shape index (κ3) is 2.04. The molecule has 4 heteroatoms. The van der Waals surface area contributed by atoms with E-state index in [0.717, 1.165) is 19.5 Å². The predicted molar refractivity (Wildman–Crippen MR) is 81.5 cm³/mol. The molecule has 0 radical (unpaired) electrons. The molecular weight excluding hydrogens is 276 g/mol. The average molecular weight is 293 g/mol. The van der Waals surface area contributed by atoms with E-state index >= 15 is 0 Å². The van der Waals surface area contributed by atoms with Crippen LogP contribution in [-0.4, -0.2) is 29.9 Å². The van der Waals surface area contributed by atoms with Gasteiger partial charge < -0.3 is 4.90 Å². The number of amides is 2. The Morgan fingerprint density at radius 1 is 0.864 bits per heavy atom. The highest BCUT2D eigenvalue weighted by atomic mass is 16.2. The Bertz CT molecular complexity index is 734. The van der Waals surface area contributed by atoms with Crippen LogP contribution in [0.25, 0.3) is 0 Å². The molecule has 110 valence electrons. The molecule has 1 unspecified atom stereocenters. The lowest BCUT2D eigenvalue weighted by Crippen LogP contribution is -3.13. The number of benzene rings is 2. The first-order chi connectivity index (χ1) is 10.7. The van der Waals surface area contributed by atoms with Gasteiger partial charge in [0, 0.05) is 12.0 Å². The zero-order valence-electron chi connectivity index (χ0n) is 12.2. The van der Waals surface area contributed by atoms with Gasteiger partial charge in [-0.2, -0.15) is 0 Å². The van der Waals surface area contributed by atoms with Crippen LogP contribution in [-0.2, 0) is 13.0 Å². The molecule has 0 saturated carbocycles. The van der Waals surface area contributed by atoms with Gasteiger partial charge in [-0.05, 0) is 17.7 Å². The number of fused-ring (bicyclic) bond motifs is 2. The lowest BCUT2D eigenvalue weighted by molar-refractivity contribution is -0.922. The van der Waals surface area contributed by atoms with E-state index in [-0.39, 0.29) is 11.8 Å². The van der Waals surface area contributed by atoms with Crippen molar-refractivity contribution in [1.82, 2.24) is 4.90 Å². The zero-order chi connectivity index (χ0) is 15.1. The summed E-state index contributed by atoms with van der Waals surface area (Å²) in [6.45, 7) is 2.26. The third-order valence-electron chi connectivity index (χ3n) is 4.57. The molecule has 2 aromatic rings. The maximum Gasteiger partial charge on any atom is 0.265 e. The van der Waals surface area contributed by atoms with Gasteiger partial charge in [0.2, 0.25) is 0 Å². The summed E-state index contributed by atoms with van der Waals surface area (Å²) in [5.41, 5.74) is 3.77. The summed E-state index contributed by atoms with van der Waals surface area (Å²) in [7, 11) is 0. The first-order valence-corrected chi connectivity index (χ1v) is 7.59. The number of quaternary nitrogens is 1. The Hall–Kier alpha value is -2.46. The van der Waals surface area contributed by atoms with Gasteiger partial charge in [-0.3, -0.25) is 9.59 Å². The van der Waals surface area contributed by atoms with Gasteiger partial charge >= 0.3 is 0 Å². The van der Waals surface area contributed by atoms with Crippen molar-refractivity contribution in [2.75, 3.05) is 13.2 Å². The van der Waals surface area contributed by atoms with Gasteiger partial charge in [0.05, 0.1) is 17.7 Å². The molecule has 0 saturated heterocycles. The van der Waals surface area contributed by atoms with Crippen LogP contribution in [0.4, 0.5) is 0 Å². The van der Waals surface area contributed by atoms with Crippen LogP contribution in [0.3, 0.4) is 0 Å². The lowest BCUT2D eigenvalue weighted by atomic mass is 10.0. The topological polar surface area (TPSA) is 41.8 Å². The quantitative estimate of drug-likeness (QED) is 0.835. The van der Waals surface area contributed by atoms with E-state index in [2.05, 4.69) is 18.2 Å². The van der Waals surface area contributed by atoms with Crippen molar-refractivity contribution in [2.24, 2.45) is 0 Å². The zero-order valence-corrected chi connectivity index (χ0v) is 12.2. The van der Waals surface area contributed by atoms with E-state index < -0.39 is 0 Å². The van der Waals surface area contributed by atoms with Crippen molar-refractivity contribution < 1.29 is 14.5 Å². The van der Waals surface area contributed by atoms with Gasteiger partial charge in [0.1, 0.15) is 6.54 Å². The molecule has 0 aromatic heterocycles. The fourth-order valence-corrected chi connectivity index (χ4v) is 3.38. The smallest absolute Gasteiger partial charge is 0.265 e. The number of hydrogen-bond donors (Lipinski definition) is 1. The number of carbonyl (C=O) groups excluding carboxylic acids is 2. The Labute approximate surface area is 129 Å². The van der Waals surface area contributed by atoms with Crippen molar-refractivity contribution in [2.45, 2.75) is 13.0 Å². The SMILES string of the molecule is O=C1c2ccccc2C(=O)N1C[NH+]1CCc2ccccc2C1. The molecule has 4 nitrogen and oxygen atoms in total. The van der Waals surface area contributed by atoms with Crippen LogP contribution in [0.15, 0.2) is 48.5 Å². The monoisotopic (exact) mass is 293 g/mol. The predicted octanol–water partition coefficient (Wildman–Crippen LogP) is 0.881. The second-order valence-corrected chi connectivity index (χ2v) is 5.94. The fourth-order valence-electron chi connectivity index (χ4n) is 3.38. The van der Waals surface area contributed by atoms with Gasteiger partial charge in [-0.15, -0.1) is 0 Å². The first kappa shape index (κ1) is 13.2. The Balaban J connectivity index is 1.54. The third-order valence-corrected chi connectivity index (χ3v) is 4.57. The molecule has 0 fully saturated rings. The molecule has 0 bridgehead atoms. The summed E-state index contributed by atoms with van der Waals surface area (Å²) in [5, 5.41) is 0. The standard InChI is InChI=1S/C18H16N2O2/c21-17-15-7-3-4-8-16(15)18(22)20(17)12-19-10-9-13-5-1-2-6-14(13)11-19/h1-8H,9-12H2/p+1. The van der Waals surface area contributed by atoms with Crippen LogP contribution in [0, 0.1) is 0 Å². The summed E-state index contributed by atoms with van der Waals surface area (Å²) >= 11 is 0. The summed E-state index contributed by atoms with van der Waals surface area (Å²) < 4.78 is 0. The highest BCUT2D eigenvalue weighted by Crippen LogP contribution is 2.21. The highest BCUT2D eigenvalue weighted by Gasteiger charge is 2.37. The second-order valence-electron chi connectivity index (χ2n) is 5.94. The van der Waals surface area contributed by atoms with Crippen LogP contribution in [0.1, 0.15) is 31.8 Å². The van der Waals surface area contributed by atoms with E-state index in [4.69, 9.17) is 0 Å². The van der Waals surface area contributed by atoms with E-state index in [1.54, 1.807) is 24.3 Å². The van der Waals surface area contributed by atoms with Crippen molar-refractivity contribution in [3.8, 4) is 0 Å². The summed E-state index contributed by atoms with van der Waals surface area (Å²) in [4.78, 5) is 27.5.